The van der Waals surface area contributed by atoms with Crippen LogP contribution in [0.15, 0.2) is 24.3 Å². The van der Waals surface area contributed by atoms with Gasteiger partial charge in [-0.15, -0.1) is 0 Å². The molecule has 2 saturated carbocycles. The normalized spacial score (nSPS) is 31.1. The molecule has 0 spiro atoms. The van der Waals surface area contributed by atoms with Gasteiger partial charge in [-0.2, -0.15) is 0 Å². The van der Waals surface area contributed by atoms with Gasteiger partial charge in [0.25, 0.3) is 5.91 Å². The van der Waals surface area contributed by atoms with Crippen LogP contribution in [-0.2, 0) is 4.74 Å². The molecule has 0 radical (unpaired) electrons. The quantitative estimate of drug-likeness (QED) is 0.908. The first-order chi connectivity index (χ1) is 11.1. The van der Waals surface area contributed by atoms with Crippen molar-refractivity contribution >= 4 is 5.91 Å². The lowest BCUT2D eigenvalue weighted by Gasteiger charge is -2.54. The summed E-state index contributed by atoms with van der Waals surface area (Å²) in [4.78, 5) is 12.8. The van der Waals surface area contributed by atoms with E-state index in [1.165, 1.54) is 12.8 Å². The number of hydrogen-bond donors (Lipinski definition) is 1. The molecule has 0 unspecified atom stereocenters. The average molecular weight is 315 g/mol. The van der Waals surface area contributed by atoms with Crippen LogP contribution in [0.4, 0.5) is 0 Å². The second kappa shape index (κ2) is 5.52. The number of carbonyl (C=O) groups excluding carboxylic acids is 1. The summed E-state index contributed by atoms with van der Waals surface area (Å²) >= 11 is 0. The molecule has 1 N–H and O–H groups in total. The van der Waals surface area contributed by atoms with Gasteiger partial charge >= 0.3 is 0 Å². The van der Waals surface area contributed by atoms with Gasteiger partial charge in [0.2, 0.25) is 0 Å². The largest absolute Gasteiger partial charge is 0.492 e. The molecule has 4 rings (SSSR count). The van der Waals surface area contributed by atoms with E-state index in [1.54, 1.807) is 0 Å². The maximum atomic E-state index is 12.8. The predicted octanol–water partition coefficient (Wildman–Crippen LogP) is 3.02. The van der Waals surface area contributed by atoms with E-state index in [1.807, 2.05) is 24.3 Å². The molecule has 3 atom stereocenters. The van der Waals surface area contributed by atoms with E-state index in [2.05, 4.69) is 19.2 Å². The van der Waals surface area contributed by atoms with E-state index in [4.69, 9.17) is 9.47 Å². The smallest absolute Gasteiger partial charge is 0.255 e. The van der Waals surface area contributed by atoms with Crippen LogP contribution in [0.5, 0.6) is 5.75 Å². The first kappa shape index (κ1) is 15.0. The highest BCUT2D eigenvalue weighted by Gasteiger charge is 2.59. The van der Waals surface area contributed by atoms with Gasteiger partial charge in [0.15, 0.2) is 0 Å². The van der Waals surface area contributed by atoms with Crippen LogP contribution < -0.4 is 10.1 Å². The van der Waals surface area contributed by atoms with Crippen LogP contribution in [-0.4, -0.2) is 31.3 Å². The van der Waals surface area contributed by atoms with E-state index >= 15 is 0 Å². The van der Waals surface area contributed by atoms with Crippen molar-refractivity contribution in [2.45, 2.75) is 45.3 Å². The van der Waals surface area contributed by atoms with E-state index < -0.39 is 0 Å². The SMILES string of the molecule is CC1(C)[C@H](NC(=O)c2ccccc2OCC2CC2)[C@@H]2CCO[C@H]21. The third kappa shape index (κ3) is 2.63. The minimum Gasteiger partial charge on any atom is -0.492 e. The molecule has 0 bridgehead atoms. The van der Waals surface area contributed by atoms with Crippen LogP contribution in [0.1, 0.15) is 43.5 Å². The molecule has 3 fully saturated rings. The summed E-state index contributed by atoms with van der Waals surface area (Å²) in [5.41, 5.74) is 0.645. The zero-order chi connectivity index (χ0) is 16.0. The number of carbonyl (C=O) groups is 1. The lowest BCUT2D eigenvalue weighted by atomic mass is 9.57. The molecule has 1 aromatic rings. The van der Waals surface area contributed by atoms with E-state index in [0.29, 0.717) is 23.1 Å². The van der Waals surface area contributed by atoms with Gasteiger partial charge in [0, 0.05) is 24.0 Å². The van der Waals surface area contributed by atoms with Crippen molar-refractivity contribution in [1.29, 1.82) is 0 Å². The number of fused-ring (bicyclic) bond motifs is 1. The second-order valence-corrected chi connectivity index (χ2v) is 7.77. The first-order valence-corrected chi connectivity index (χ1v) is 8.71. The van der Waals surface area contributed by atoms with Gasteiger partial charge in [-0.3, -0.25) is 4.79 Å². The fourth-order valence-electron chi connectivity index (χ4n) is 4.11. The van der Waals surface area contributed by atoms with Crippen LogP contribution >= 0.6 is 0 Å². The zero-order valence-corrected chi connectivity index (χ0v) is 13.9. The number of amides is 1. The molecule has 1 saturated heterocycles. The Balaban J connectivity index is 1.46. The Labute approximate surface area is 137 Å². The van der Waals surface area contributed by atoms with Gasteiger partial charge in [0.05, 0.1) is 18.3 Å². The second-order valence-electron chi connectivity index (χ2n) is 7.77. The topological polar surface area (TPSA) is 47.6 Å². The molecule has 2 aliphatic carbocycles. The maximum Gasteiger partial charge on any atom is 0.255 e. The van der Waals surface area contributed by atoms with Crippen molar-refractivity contribution in [1.82, 2.24) is 5.32 Å². The number of nitrogens with one attached hydrogen (secondary N) is 1. The minimum absolute atomic E-state index is 0.000635. The molecule has 23 heavy (non-hydrogen) atoms. The lowest BCUT2D eigenvalue weighted by Crippen LogP contribution is -2.66. The Morgan fingerprint density at radius 2 is 2.09 bits per heavy atom. The van der Waals surface area contributed by atoms with Crippen molar-refractivity contribution in [3.8, 4) is 5.75 Å². The Bertz CT molecular complexity index is 608. The summed E-state index contributed by atoms with van der Waals surface area (Å²) in [6.07, 6.45) is 3.81. The first-order valence-electron chi connectivity index (χ1n) is 8.71. The highest BCUT2D eigenvalue weighted by Crippen LogP contribution is 2.52. The molecule has 1 aromatic carbocycles. The summed E-state index contributed by atoms with van der Waals surface area (Å²) in [7, 11) is 0. The average Bonchev–Trinajstić information content (AvgIpc) is 3.26. The third-order valence-corrected chi connectivity index (χ3v) is 5.69. The molecular formula is C19H25NO3. The summed E-state index contributed by atoms with van der Waals surface area (Å²) in [6, 6.07) is 7.75. The van der Waals surface area contributed by atoms with Crippen LogP contribution in [0.3, 0.4) is 0 Å². The summed E-state index contributed by atoms with van der Waals surface area (Å²) in [5, 5.41) is 3.24. The molecular weight excluding hydrogens is 290 g/mol. The molecule has 4 nitrogen and oxygen atoms in total. The lowest BCUT2D eigenvalue weighted by molar-refractivity contribution is -0.108. The summed E-state index contributed by atoms with van der Waals surface area (Å²) in [5.74, 6) is 1.80. The number of benzene rings is 1. The van der Waals surface area contributed by atoms with Crippen LogP contribution in [0, 0.1) is 17.3 Å². The number of rotatable bonds is 5. The fraction of sp³-hybridized carbons (Fsp3) is 0.632. The molecule has 0 aromatic heterocycles. The van der Waals surface area contributed by atoms with Crippen molar-refractivity contribution in [3.63, 3.8) is 0 Å². The molecule has 3 aliphatic rings. The van der Waals surface area contributed by atoms with Crippen molar-refractivity contribution in [2.75, 3.05) is 13.2 Å². The molecule has 1 amide bonds. The zero-order valence-electron chi connectivity index (χ0n) is 13.9. The molecule has 1 aliphatic heterocycles. The monoisotopic (exact) mass is 315 g/mol. The van der Waals surface area contributed by atoms with Gasteiger partial charge in [-0.05, 0) is 37.3 Å². The Morgan fingerprint density at radius 3 is 2.87 bits per heavy atom. The number of hydrogen-bond acceptors (Lipinski definition) is 3. The van der Waals surface area contributed by atoms with E-state index in [9.17, 15) is 4.79 Å². The summed E-state index contributed by atoms with van der Waals surface area (Å²) < 4.78 is 11.7. The standard InChI is InChI=1S/C19H25NO3/c1-19(2)16(14-9-10-22-17(14)19)20-18(21)13-5-3-4-6-15(13)23-11-12-7-8-12/h3-6,12,14,16-17H,7-11H2,1-2H3,(H,20,21)/t14-,16+,17+/m0/s1. The number of para-hydroxylation sites is 1. The van der Waals surface area contributed by atoms with Gasteiger partial charge in [-0.25, -0.2) is 0 Å². The minimum atomic E-state index is -0.0279. The third-order valence-electron chi connectivity index (χ3n) is 5.69. The van der Waals surface area contributed by atoms with Crippen molar-refractivity contribution in [2.24, 2.45) is 17.3 Å². The fourth-order valence-corrected chi connectivity index (χ4v) is 4.11. The van der Waals surface area contributed by atoms with Crippen molar-refractivity contribution in [3.05, 3.63) is 29.8 Å². The van der Waals surface area contributed by atoms with Gasteiger partial charge < -0.3 is 14.8 Å². The summed E-state index contributed by atoms with van der Waals surface area (Å²) in [6.45, 7) is 5.89. The highest BCUT2D eigenvalue weighted by atomic mass is 16.5. The molecule has 4 heteroatoms. The van der Waals surface area contributed by atoms with Gasteiger partial charge in [-0.1, -0.05) is 26.0 Å². The maximum absolute atomic E-state index is 12.8. The Morgan fingerprint density at radius 1 is 1.30 bits per heavy atom. The van der Waals surface area contributed by atoms with Gasteiger partial charge in [0.1, 0.15) is 5.75 Å². The van der Waals surface area contributed by atoms with Crippen LogP contribution in [0.25, 0.3) is 0 Å². The predicted molar refractivity (Wildman–Crippen MR) is 87.5 cm³/mol. The Kier molecular flexibility index (Phi) is 3.60. The molecule has 1 heterocycles. The highest BCUT2D eigenvalue weighted by molar-refractivity contribution is 5.97. The van der Waals surface area contributed by atoms with E-state index in [0.717, 1.165) is 19.6 Å². The number of ether oxygens (including phenoxy) is 2. The van der Waals surface area contributed by atoms with E-state index in [-0.39, 0.29) is 23.5 Å². The van der Waals surface area contributed by atoms with Crippen LogP contribution in [0.2, 0.25) is 0 Å². The van der Waals surface area contributed by atoms with Crippen molar-refractivity contribution < 1.29 is 14.3 Å². The Hall–Kier alpha value is -1.55. The molecule has 124 valence electrons.